The number of rotatable bonds is 3. The molecule has 0 unspecified atom stereocenters. The van der Waals surface area contributed by atoms with Gasteiger partial charge in [-0.1, -0.05) is 6.07 Å². The molecule has 13 heavy (non-hydrogen) atoms. The summed E-state index contributed by atoms with van der Waals surface area (Å²) in [5, 5.41) is 2.70. The van der Waals surface area contributed by atoms with Gasteiger partial charge in [0.15, 0.2) is 6.54 Å². The number of hydrogen-bond acceptors (Lipinski definition) is 2. The molecule has 0 aliphatic rings. The third-order valence-corrected chi connectivity index (χ3v) is 1.45. The lowest BCUT2D eigenvalue weighted by Crippen LogP contribution is -3.06. The zero-order valence-corrected chi connectivity index (χ0v) is 7.87. The Morgan fingerprint density at radius 2 is 2.31 bits per heavy atom. The fraction of sp³-hybridized carbons (Fsp3) is 0.333. The van der Waals surface area contributed by atoms with Gasteiger partial charge in [-0.05, 0) is 12.1 Å². The molecule has 4 nitrogen and oxygen atoms in total. The number of hydrogen-bond donors (Lipinski definition) is 2. The van der Waals surface area contributed by atoms with E-state index in [2.05, 4.69) is 10.3 Å². The Kier molecular flexibility index (Phi) is 3.40. The number of carbonyl (C=O) groups is 1. The largest absolute Gasteiger partial charge is 0.332 e. The first-order valence-corrected chi connectivity index (χ1v) is 4.18. The van der Waals surface area contributed by atoms with Gasteiger partial charge in [0.05, 0.1) is 14.1 Å². The first-order chi connectivity index (χ1) is 6.18. The maximum absolute atomic E-state index is 11.3. The van der Waals surface area contributed by atoms with Crippen molar-refractivity contribution >= 4 is 11.7 Å². The highest BCUT2D eigenvalue weighted by Crippen LogP contribution is 1.97. The Hall–Kier alpha value is -1.42. The van der Waals surface area contributed by atoms with E-state index < -0.39 is 0 Å². The molecule has 2 N–H and O–H groups in total. The van der Waals surface area contributed by atoms with Gasteiger partial charge in [-0.15, -0.1) is 0 Å². The van der Waals surface area contributed by atoms with Gasteiger partial charge < -0.3 is 10.2 Å². The number of nitrogens with one attached hydrogen (secondary N) is 2. The highest BCUT2D eigenvalue weighted by Gasteiger charge is 2.05. The van der Waals surface area contributed by atoms with Crippen molar-refractivity contribution < 1.29 is 9.69 Å². The number of nitrogens with zero attached hydrogens (tertiary/aromatic N) is 1. The molecule has 0 aromatic carbocycles. The molecule has 4 heteroatoms. The average molecular weight is 180 g/mol. The van der Waals surface area contributed by atoms with Crippen LogP contribution < -0.4 is 10.2 Å². The van der Waals surface area contributed by atoms with Gasteiger partial charge in [-0.2, -0.15) is 0 Å². The van der Waals surface area contributed by atoms with E-state index in [1.54, 1.807) is 12.3 Å². The van der Waals surface area contributed by atoms with Crippen LogP contribution in [0.3, 0.4) is 0 Å². The van der Waals surface area contributed by atoms with Gasteiger partial charge in [0.1, 0.15) is 5.82 Å². The van der Waals surface area contributed by atoms with Gasteiger partial charge in [-0.3, -0.25) is 4.79 Å². The van der Waals surface area contributed by atoms with Crippen LogP contribution in [-0.2, 0) is 4.79 Å². The van der Waals surface area contributed by atoms with Crippen LogP contribution in [-0.4, -0.2) is 31.5 Å². The molecule has 0 saturated carbocycles. The fourth-order valence-corrected chi connectivity index (χ4v) is 0.945. The molecular formula is C9H14N3O+. The van der Waals surface area contributed by atoms with Crippen LogP contribution in [0, 0.1) is 0 Å². The standard InChI is InChI=1S/C9H13N3O/c1-12(2)7-9(13)11-8-5-3-4-6-10-8/h3-6H,7H2,1-2H3,(H,10,11,13)/p+1. The summed E-state index contributed by atoms with van der Waals surface area (Å²) in [4.78, 5) is 16.3. The quantitative estimate of drug-likeness (QED) is 0.637. The van der Waals surface area contributed by atoms with Crippen molar-refractivity contribution in [2.75, 3.05) is 26.0 Å². The predicted octanol–water partition coefficient (Wildman–Crippen LogP) is -0.835. The van der Waals surface area contributed by atoms with Crippen LogP contribution in [0.15, 0.2) is 24.4 Å². The Balaban J connectivity index is 2.46. The number of amides is 1. The van der Waals surface area contributed by atoms with Crippen LogP contribution in [0.2, 0.25) is 0 Å². The molecule has 0 bridgehead atoms. The molecule has 70 valence electrons. The molecule has 0 saturated heterocycles. The summed E-state index contributed by atoms with van der Waals surface area (Å²) < 4.78 is 0. The zero-order valence-electron chi connectivity index (χ0n) is 7.87. The van der Waals surface area contributed by atoms with E-state index >= 15 is 0 Å². The second kappa shape index (κ2) is 4.57. The monoisotopic (exact) mass is 180 g/mol. The molecule has 1 heterocycles. The van der Waals surface area contributed by atoms with Crippen molar-refractivity contribution in [3.05, 3.63) is 24.4 Å². The third-order valence-electron chi connectivity index (χ3n) is 1.45. The SMILES string of the molecule is C[NH+](C)CC(=O)Nc1ccccn1. The Morgan fingerprint density at radius 1 is 1.54 bits per heavy atom. The number of anilines is 1. The molecule has 1 aromatic heterocycles. The second-order valence-electron chi connectivity index (χ2n) is 3.15. The second-order valence-corrected chi connectivity index (χ2v) is 3.15. The van der Waals surface area contributed by atoms with Crippen molar-refractivity contribution in [1.82, 2.24) is 4.98 Å². The summed E-state index contributed by atoms with van der Waals surface area (Å²) >= 11 is 0. The van der Waals surface area contributed by atoms with Gasteiger partial charge in [0.25, 0.3) is 5.91 Å². The van der Waals surface area contributed by atoms with E-state index in [0.717, 1.165) is 4.90 Å². The van der Waals surface area contributed by atoms with Crippen LogP contribution in [0.4, 0.5) is 5.82 Å². The number of aromatic nitrogens is 1. The van der Waals surface area contributed by atoms with Crippen LogP contribution >= 0.6 is 0 Å². The molecule has 0 aliphatic carbocycles. The van der Waals surface area contributed by atoms with E-state index in [-0.39, 0.29) is 5.91 Å². The summed E-state index contributed by atoms with van der Waals surface area (Å²) in [6.45, 7) is 0.455. The number of likely N-dealkylation sites (N-methyl/N-ethyl adjacent to an activating group) is 1. The minimum absolute atomic E-state index is 0.0151. The van der Waals surface area contributed by atoms with E-state index in [0.29, 0.717) is 12.4 Å². The van der Waals surface area contributed by atoms with E-state index in [1.165, 1.54) is 0 Å². The van der Waals surface area contributed by atoms with Crippen molar-refractivity contribution in [2.24, 2.45) is 0 Å². The predicted molar refractivity (Wildman–Crippen MR) is 50.5 cm³/mol. The summed E-state index contributed by atoms with van der Waals surface area (Å²) in [5.41, 5.74) is 0. The highest BCUT2D eigenvalue weighted by molar-refractivity contribution is 5.90. The van der Waals surface area contributed by atoms with Gasteiger partial charge in [0.2, 0.25) is 0 Å². The van der Waals surface area contributed by atoms with Gasteiger partial charge >= 0.3 is 0 Å². The fourth-order valence-electron chi connectivity index (χ4n) is 0.945. The minimum atomic E-state index is -0.0151. The van der Waals surface area contributed by atoms with E-state index in [9.17, 15) is 4.79 Å². The van der Waals surface area contributed by atoms with Gasteiger partial charge in [0, 0.05) is 6.20 Å². The maximum atomic E-state index is 11.3. The Morgan fingerprint density at radius 3 is 2.85 bits per heavy atom. The Labute approximate surface area is 77.6 Å². The van der Waals surface area contributed by atoms with Crippen molar-refractivity contribution in [3.63, 3.8) is 0 Å². The molecule has 0 atom stereocenters. The molecule has 1 rings (SSSR count). The van der Waals surface area contributed by atoms with Crippen molar-refractivity contribution in [3.8, 4) is 0 Å². The van der Waals surface area contributed by atoms with Crippen LogP contribution in [0.5, 0.6) is 0 Å². The molecule has 0 aliphatic heterocycles. The maximum Gasteiger partial charge on any atom is 0.280 e. The lowest BCUT2D eigenvalue weighted by molar-refractivity contribution is -0.849. The molecule has 0 radical (unpaired) electrons. The first kappa shape index (κ1) is 9.67. The van der Waals surface area contributed by atoms with E-state index in [1.807, 2.05) is 26.2 Å². The zero-order chi connectivity index (χ0) is 9.68. The third kappa shape index (κ3) is 3.66. The smallest absolute Gasteiger partial charge is 0.280 e. The minimum Gasteiger partial charge on any atom is -0.332 e. The van der Waals surface area contributed by atoms with Crippen LogP contribution in [0.1, 0.15) is 0 Å². The summed E-state index contributed by atoms with van der Waals surface area (Å²) in [6, 6.07) is 5.42. The number of pyridine rings is 1. The highest BCUT2D eigenvalue weighted by atomic mass is 16.2. The molecule has 1 amide bonds. The summed E-state index contributed by atoms with van der Waals surface area (Å²) in [7, 11) is 3.86. The normalized spacial score (nSPS) is 10.1. The topological polar surface area (TPSA) is 46.4 Å². The Bertz CT molecular complexity index is 271. The molecule has 1 aromatic rings. The van der Waals surface area contributed by atoms with Crippen LogP contribution in [0.25, 0.3) is 0 Å². The lowest BCUT2D eigenvalue weighted by atomic mass is 10.4. The number of carbonyl (C=O) groups excluding carboxylic acids is 1. The average Bonchev–Trinajstić information content (AvgIpc) is 2.04. The molecule has 0 spiro atoms. The summed E-state index contributed by atoms with van der Waals surface area (Å²) in [6.07, 6.45) is 1.65. The van der Waals surface area contributed by atoms with Gasteiger partial charge in [-0.25, -0.2) is 4.98 Å². The lowest BCUT2D eigenvalue weighted by Gasteiger charge is -2.06. The van der Waals surface area contributed by atoms with Crippen molar-refractivity contribution in [1.29, 1.82) is 0 Å². The molecular weight excluding hydrogens is 166 g/mol. The summed E-state index contributed by atoms with van der Waals surface area (Å²) in [5.74, 6) is 0.590. The van der Waals surface area contributed by atoms with E-state index in [4.69, 9.17) is 0 Å². The number of quaternary nitrogens is 1. The molecule has 0 fully saturated rings. The van der Waals surface area contributed by atoms with Crippen molar-refractivity contribution in [2.45, 2.75) is 0 Å². The first-order valence-electron chi connectivity index (χ1n) is 4.18.